The predicted molar refractivity (Wildman–Crippen MR) is 95.8 cm³/mol. The summed E-state index contributed by atoms with van der Waals surface area (Å²) in [6.45, 7) is 1.05. The number of nitrogens with zero attached hydrogens (tertiary/aromatic N) is 2. The molecule has 2 aromatic heterocycles. The Kier molecular flexibility index (Phi) is 4.99. The molecule has 3 rings (SSSR count). The zero-order chi connectivity index (χ0) is 17.8. The van der Waals surface area contributed by atoms with Gasteiger partial charge in [-0.25, -0.2) is 4.98 Å². The third-order valence-corrected chi connectivity index (χ3v) is 4.62. The lowest BCUT2D eigenvalue weighted by atomic mass is 10.1. The number of nitrogens with one attached hydrogen (secondary N) is 1. The average molecular weight is 359 g/mol. The lowest BCUT2D eigenvalue weighted by Crippen LogP contribution is -2.27. The molecule has 1 N–H and O–H groups in total. The van der Waals surface area contributed by atoms with E-state index in [1.54, 1.807) is 30.7 Å². The normalized spacial score (nSPS) is 10.6. The molecule has 0 atom stereocenters. The fourth-order valence-corrected chi connectivity index (χ4v) is 3.37. The largest absolute Gasteiger partial charge is 0.493 e. The number of ether oxygens (including phenoxy) is 2. The van der Waals surface area contributed by atoms with Gasteiger partial charge in [0.05, 0.1) is 30.8 Å². The van der Waals surface area contributed by atoms with E-state index in [9.17, 15) is 9.59 Å². The molecular weight excluding hydrogens is 342 g/mol. The molecule has 0 aliphatic carbocycles. The summed E-state index contributed by atoms with van der Waals surface area (Å²) in [4.78, 5) is 29.1. The fraction of sp³-hybridized carbons (Fsp3) is 0.235. The molecule has 0 fully saturated rings. The van der Waals surface area contributed by atoms with E-state index in [-0.39, 0.29) is 10.6 Å². The van der Waals surface area contributed by atoms with Crippen molar-refractivity contribution in [2.75, 3.05) is 20.8 Å². The van der Waals surface area contributed by atoms with Crippen molar-refractivity contribution < 1.29 is 14.3 Å². The summed E-state index contributed by atoms with van der Waals surface area (Å²) < 4.78 is 12.1. The van der Waals surface area contributed by atoms with Crippen LogP contribution in [0.5, 0.6) is 11.5 Å². The number of rotatable bonds is 6. The number of hydrogen-bond acceptors (Lipinski definition) is 6. The van der Waals surface area contributed by atoms with Gasteiger partial charge in [0.2, 0.25) is 4.74 Å². The number of benzene rings is 1. The van der Waals surface area contributed by atoms with E-state index in [0.717, 1.165) is 11.3 Å². The van der Waals surface area contributed by atoms with Gasteiger partial charge in [0.15, 0.2) is 11.5 Å². The van der Waals surface area contributed by atoms with E-state index >= 15 is 0 Å². The number of carbonyl (C=O) groups is 1. The molecule has 3 aromatic rings. The highest BCUT2D eigenvalue weighted by Gasteiger charge is 2.16. The zero-order valence-corrected chi connectivity index (χ0v) is 14.6. The van der Waals surface area contributed by atoms with Crippen molar-refractivity contribution in [1.82, 2.24) is 14.9 Å². The summed E-state index contributed by atoms with van der Waals surface area (Å²) in [6, 6.07) is 5.15. The first-order valence-electron chi connectivity index (χ1n) is 7.57. The van der Waals surface area contributed by atoms with Gasteiger partial charge in [-0.2, -0.15) is 0 Å². The number of carbonyl (C=O) groups excluding carboxylic acids is 1. The van der Waals surface area contributed by atoms with E-state index < -0.39 is 0 Å². The molecular formula is C17H17N3O4S. The van der Waals surface area contributed by atoms with Crippen LogP contribution < -0.4 is 19.5 Å². The van der Waals surface area contributed by atoms with Crippen LogP contribution in [0.25, 0.3) is 10.8 Å². The van der Waals surface area contributed by atoms with Crippen LogP contribution in [-0.2, 0) is 6.54 Å². The van der Waals surface area contributed by atoms with Crippen molar-refractivity contribution in [3.63, 3.8) is 0 Å². The van der Waals surface area contributed by atoms with Gasteiger partial charge in [-0.15, -0.1) is 0 Å². The lowest BCUT2D eigenvalue weighted by Gasteiger charge is -2.11. The van der Waals surface area contributed by atoms with Crippen molar-refractivity contribution in [2.45, 2.75) is 6.54 Å². The highest BCUT2D eigenvalue weighted by molar-refractivity contribution is 7.12. The summed E-state index contributed by atoms with van der Waals surface area (Å²) in [6.07, 6.45) is 5.18. The molecule has 130 valence electrons. The van der Waals surface area contributed by atoms with Crippen LogP contribution in [0, 0.1) is 0 Å². The second-order valence-corrected chi connectivity index (χ2v) is 6.23. The van der Waals surface area contributed by atoms with Gasteiger partial charge >= 0.3 is 0 Å². The maximum Gasteiger partial charge on any atom is 0.261 e. The summed E-state index contributed by atoms with van der Waals surface area (Å²) in [5.41, 5.74) is 0. The second kappa shape index (κ2) is 7.35. The SMILES string of the molecule is COc1ccc2cc(C(=O)NCCn3ccnc3)sc(=O)c2c1OC. The van der Waals surface area contributed by atoms with Crippen LogP contribution in [-0.4, -0.2) is 36.2 Å². The van der Waals surface area contributed by atoms with E-state index in [1.807, 2.05) is 10.8 Å². The second-order valence-electron chi connectivity index (χ2n) is 5.22. The molecule has 2 heterocycles. The molecule has 0 saturated heterocycles. The van der Waals surface area contributed by atoms with Gasteiger partial charge < -0.3 is 19.4 Å². The highest BCUT2D eigenvalue weighted by atomic mass is 32.1. The third kappa shape index (κ3) is 3.48. The van der Waals surface area contributed by atoms with Crippen LogP contribution in [0.3, 0.4) is 0 Å². The number of imidazole rings is 1. The Balaban J connectivity index is 1.85. The summed E-state index contributed by atoms with van der Waals surface area (Å²) in [5, 5.41) is 3.87. The van der Waals surface area contributed by atoms with Crippen molar-refractivity contribution in [3.05, 3.63) is 51.3 Å². The molecule has 0 bridgehead atoms. The Morgan fingerprint density at radius 3 is 2.84 bits per heavy atom. The molecule has 0 aliphatic heterocycles. The Morgan fingerprint density at radius 2 is 2.16 bits per heavy atom. The topological polar surface area (TPSA) is 82.5 Å². The molecule has 25 heavy (non-hydrogen) atoms. The zero-order valence-electron chi connectivity index (χ0n) is 13.8. The number of aromatic nitrogens is 2. The number of methoxy groups -OCH3 is 2. The smallest absolute Gasteiger partial charge is 0.261 e. The quantitative estimate of drug-likeness (QED) is 0.727. The van der Waals surface area contributed by atoms with Crippen LogP contribution in [0.2, 0.25) is 0 Å². The lowest BCUT2D eigenvalue weighted by molar-refractivity contribution is 0.0956. The van der Waals surface area contributed by atoms with E-state index in [0.29, 0.717) is 40.2 Å². The first-order chi connectivity index (χ1) is 12.1. The molecule has 7 nitrogen and oxygen atoms in total. The van der Waals surface area contributed by atoms with Gasteiger partial charge in [0.1, 0.15) is 0 Å². The minimum atomic E-state index is -0.279. The number of amides is 1. The van der Waals surface area contributed by atoms with Gasteiger partial charge in [0, 0.05) is 25.5 Å². The van der Waals surface area contributed by atoms with Crippen LogP contribution in [0.15, 0.2) is 41.7 Å². The van der Waals surface area contributed by atoms with Crippen molar-refractivity contribution >= 4 is 28.0 Å². The summed E-state index contributed by atoms with van der Waals surface area (Å²) >= 11 is 0.889. The van der Waals surface area contributed by atoms with Gasteiger partial charge in [-0.1, -0.05) is 17.4 Å². The Labute approximate surface area is 147 Å². The molecule has 8 heteroatoms. The maximum absolute atomic E-state index is 12.5. The third-order valence-electron chi connectivity index (χ3n) is 3.71. The molecule has 1 aromatic carbocycles. The first kappa shape index (κ1) is 17.0. The summed E-state index contributed by atoms with van der Waals surface area (Å²) in [5.74, 6) is 0.587. The van der Waals surface area contributed by atoms with E-state index in [2.05, 4.69) is 10.3 Å². The molecule has 0 unspecified atom stereocenters. The highest BCUT2D eigenvalue weighted by Crippen LogP contribution is 2.34. The van der Waals surface area contributed by atoms with Crippen LogP contribution >= 0.6 is 11.3 Å². The van der Waals surface area contributed by atoms with Crippen molar-refractivity contribution in [1.29, 1.82) is 0 Å². The monoisotopic (exact) mass is 359 g/mol. The Bertz CT molecular complexity index is 950. The van der Waals surface area contributed by atoms with Gasteiger partial charge in [0.25, 0.3) is 5.91 Å². The molecule has 0 saturated carbocycles. The molecule has 0 spiro atoms. The minimum absolute atomic E-state index is 0.243. The van der Waals surface area contributed by atoms with E-state index in [4.69, 9.17) is 9.47 Å². The number of fused-ring (bicyclic) bond motifs is 1. The van der Waals surface area contributed by atoms with E-state index in [1.165, 1.54) is 14.2 Å². The molecule has 1 amide bonds. The molecule has 0 aliphatic rings. The molecule has 0 radical (unpaired) electrons. The fourth-order valence-electron chi connectivity index (χ4n) is 2.51. The van der Waals surface area contributed by atoms with Gasteiger partial charge in [-0.3, -0.25) is 9.59 Å². The average Bonchev–Trinajstić information content (AvgIpc) is 3.13. The van der Waals surface area contributed by atoms with Crippen LogP contribution in [0.1, 0.15) is 9.67 Å². The standard InChI is InChI=1S/C17H17N3O4S/c1-23-12-4-3-11-9-13(25-17(22)14(11)15(12)24-2)16(21)19-6-8-20-7-5-18-10-20/h3-5,7,9-10H,6,8H2,1-2H3,(H,19,21). The first-order valence-corrected chi connectivity index (χ1v) is 8.38. The summed E-state index contributed by atoms with van der Waals surface area (Å²) in [7, 11) is 3.00. The van der Waals surface area contributed by atoms with Gasteiger partial charge in [-0.05, 0) is 17.5 Å². The minimum Gasteiger partial charge on any atom is -0.493 e. The Morgan fingerprint density at radius 1 is 1.32 bits per heavy atom. The predicted octanol–water partition coefficient (Wildman–Crippen LogP) is 1.91. The van der Waals surface area contributed by atoms with Crippen molar-refractivity contribution in [2.24, 2.45) is 0 Å². The van der Waals surface area contributed by atoms with Crippen LogP contribution in [0.4, 0.5) is 0 Å². The Hall–Kier alpha value is -2.87. The number of hydrogen-bond donors (Lipinski definition) is 1. The maximum atomic E-state index is 12.5. The van der Waals surface area contributed by atoms with Crippen molar-refractivity contribution in [3.8, 4) is 11.5 Å².